The first-order chi connectivity index (χ1) is 11.6. The van der Waals surface area contributed by atoms with Gasteiger partial charge in [0.15, 0.2) is 0 Å². The number of thiophene rings is 1. The first kappa shape index (κ1) is 18.4. The maximum absolute atomic E-state index is 11.9. The third-order valence-corrected chi connectivity index (χ3v) is 4.52. The fraction of sp³-hybridized carbons (Fsp3) is 0.389. The molecule has 1 heterocycles. The van der Waals surface area contributed by atoms with Gasteiger partial charge in [-0.25, -0.2) is 4.79 Å². The topological polar surface area (TPSA) is 64.6 Å². The van der Waals surface area contributed by atoms with Gasteiger partial charge in [-0.05, 0) is 47.1 Å². The number of nitrogens with one attached hydrogen (secondary N) is 2. The predicted molar refractivity (Wildman–Crippen MR) is 98.0 cm³/mol. The van der Waals surface area contributed by atoms with E-state index in [1.54, 1.807) is 0 Å². The normalized spacial score (nSPS) is 12.2. The molecule has 0 saturated carbocycles. The summed E-state index contributed by atoms with van der Waals surface area (Å²) in [6.45, 7) is 4.68. The van der Waals surface area contributed by atoms with Gasteiger partial charge in [0.2, 0.25) is 0 Å². The van der Waals surface area contributed by atoms with Crippen LogP contribution in [0.2, 0.25) is 0 Å². The van der Waals surface area contributed by atoms with Crippen molar-refractivity contribution in [3.8, 4) is 0 Å². The number of carbonyl (C=O) groups is 1. The monoisotopic (exact) mass is 347 g/mol. The Hall–Kier alpha value is -1.89. The number of urea groups is 1. The molecule has 0 radical (unpaired) electrons. The minimum atomic E-state index is -0.671. The zero-order valence-corrected chi connectivity index (χ0v) is 15.0. The molecule has 0 fully saturated rings. The first-order valence-corrected chi connectivity index (χ1v) is 9.01. The first-order valence-electron chi connectivity index (χ1n) is 8.06. The fourth-order valence-electron chi connectivity index (χ4n) is 2.28. The van der Waals surface area contributed by atoms with Crippen LogP contribution in [-0.4, -0.2) is 36.2 Å². The lowest BCUT2D eigenvalue weighted by Crippen LogP contribution is -2.37. The van der Waals surface area contributed by atoms with E-state index in [0.717, 1.165) is 24.2 Å². The molecule has 3 N–H and O–H groups in total. The molecule has 6 heteroatoms. The molecular formula is C18H25N3O2S. The van der Waals surface area contributed by atoms with E-state index in [1.165, 1.54) is 16.9 Å². The molecule has 1 atom stereocenters. The molecule has 0 aliphatic rings. The summed E-state index contributed by atoms with van der Waals surface area (Å²) in [5.74, 6) is 0. The number of amides is 2. The Morgan fingerprint density at radius 2 is 2.08 bits per heavy atom. The second-order valence-corrected chi connectivity index (χ2v) is 6.57. The van der Waals surface area contributed by atoms with Crippen molar-refractivity contribution in [3.05, 3.63) is 57.8 Å². The molecule has 0 spiro atoms. The molecule has 1 aromatic heterocycles. The van der Waals surface area contributed by atoms with E-state index in [-0.39, 0.29) is 12.6 Å². The molecule has 1 aromatic carbocycles. The van der Waals surface area contributed by atoms with E-state index in [2.05, 4.69) is 41.6 Å². The lowest BCUT2D eigenvalue weighted by Gasteiger charge is -2.15. The third kappa shape index (κ3) is 5.96. The van der Waals surface area contributed by atoms with E-state index in [9.17, 15) is 9.90 Å². The van der Waals surface area contributed by atoms with Crippen LogP contribution in [-0.2, 0) is 13.1 Å². The third-order valence-electron chi connectivity index (χ3n) is 3.82. The number of hydrogen-bond donors (Lipinski definition) is 3. The fourth-order valence-corrected chi connectivity index (χ4v) is 2.99. The zero-order valence-electron chi connectivity index (χ0n) is 14.2. The molecule has 2 amide bonds. The van der Waals surface area contributed by atoms with Gasteiger partial charge >= 0.3 is 6.03 Å². The summed E-state index contributed by atoms with van der Waals surface area (Å²) in [7, 11) is 2.08. The highest BCUT2D eigenvalue weighted by molar-refractivity contribution is 7.07. The molecule has 0 aliphatic heterocycles. The van der Waals surface area contributed by atoms with Crippen LogP contribution in [0.15, 0.2) is 41.1 Å². The molecule has 24 heavy (non-hydrogen) atoms. The van der Waals surface area contributed by atoms with Gasteiger partial charge in [0.25, 0.3) is 0 Å². The molecule has 0 saturated heterocycles. The second-order valence-electron chi connectivity index (χ2n) is 5.79. The molecule has 0 aliphatic carbocycles. The average molecular weight is 347 g/mol. The number of benzene rings is 1. The van der Waals surface area contributed by atoms with Gasteiger partial charge in [-0.3, -0.25) is 0 Å². The number of nitrogens with zero attached hydrogens (tertiary/aromatic N) is 1. The number of aliphatic hydroxyl groups excluding tert-OH is 1. The van der Waals surface area contributed by atoms with Crippen LogP contribution in [0.4, 0.5) is 4.79 Å². The van der Waals surface area contributed by atoms with Crippen molar-refractivity contribution in [3.63, 3.8) is 0 Å². The molecule has 0 bridgehead atoms. The highest BCUT2D eigenvalue weighted by Crippen LogP contribution is 2.15. The minimum absolute atomic E-state index is 0.198. The van der Waals surface area contributed by atoms with Crippen molar-refractivity contribution in [1.82, 2.24) is 15.5 Å². The van der Waals surface area contributed by atoms with Gasteiger partial charge in [0, 0.05) is 19.6 Å². The average Bonchev–Trinajstić information content (AvgIpc) is 3.12. The van der Waals surface area contributed by atoms with Crippen LogP contribution in [0.3, 0.4) is 0 Å². The summed E-state index contributed by atoms with van der Waals surface area (Å²) in [6.07, 6.45) is -0.671. The minimum Gasteiger partial charge on any atom is -0.387 e. The Bertz CT molecular complexity index is 631. The van der Waals surface area contributed by atoms with Gasteiger partial charge in [-0.15, -0.1) is 0 Å². The quantitative estimate of drug-likeness (QED) is 0.688. The van der Waals surface area contributed by atoms with E-state index < -0.39 is 6.10 Å². The molecular weight excluding hydrogens is 322 g/mol. The van der Waals surface area contributed by atoms with Crippen molar-refractivity contribution in [2.45, 2.75) is 26.1 Å². The van der Waals surface area contributed by atoms with Crippen molar-refractivity contribution in [1.29, 1.82) is 0 Å². The van der Waals surface area contributed by atoms with E-state index in [4.69, 9.17) is 0 Å². The Morgan fingerprint density at radius 1 is 1.29 bits per heavy atom. The van der Waals surface area contributed by atoms with Gasteiger partial charge in [0.05, 0.1) is 6.10 Å². The van der Waals surface area contributed by atoms with E-state index >= 15 is 0 Å². The lowest BCUT2D eigenvalue weighted by molar-refractivity contribution is 0.173. The molecule has 5 nitrogen and oxygen atoms in total. The molecule has 2 aromatic rings. The van der Waals surface area contributed by atoms with Crippen LogP contribution < -0.4 is 10.6 Å². The van der Waals surface area contributed by atoms with Crippen molar-refractivity contribution in [2.75, 3.05) is 20.1 Å². The van der Waals surface area contributed by atoms with Gasteiger partial charge < -0.3 is 20.6 Å². The van der Waals surface area contributed by atoms with Crippen molar-refractivity contribution < 1.29 is 9.90 Å². The van der Waals surface area contributed by atoms with Crippen LogP contribution in [0, 0.1) is 0 Å². The maximum Gasteiger partial charge on any atom is 0.315 e. The van der Waals surface area contributed by atoms with Gasteiger partial charge in [0.1, 0.15) is 0 Å². The number of hydrogen-bond acceptors (Lipinski definition) is 4. The second kappa shape index (κ2) is 9.42. The van der Waals surface area contributed by atoms with Crippen LogP contribution in [0.25, 0.3) is 0 Å². The SMILES string of the molecule is CCN(C)Cc1cccc(CNC(=O)NCC(O)c2ccsc2)c1. The summed E-state index contributed by atoms with van der Waals surface area (Å²) >= 11 is 1.52. The smallest absolute Gasteiger partial charge is 0.315 e. The largest absolute Gasteiger partial charge is 0.387 e. The van der Waals surface area contributed by atoms with Crippen LogP contribution in [0.5, 0.6) is 0 Å². The predicted octanol–water partition coefficient (Wildman–Crippen LogP) is 2.73. The Balaban J connectivity index is 1.76. The maximum atomic E-state index is 11.9. The Morgan fingerprint density at radius 3 is 2.79 bits per heavy atom. The standard InChI is InChI=1S/C18H25N3O2S/c1-3-21(2)12-15-6-4-5-14(9-15)10-19-18(23)20-11-17(22)16-7-8-24-13-16/h4-9,13,17,22H,3,10-12H2,1-2H3,(H2,19,20,23). The van der Waals surface area contributed by atoms with Crippen molar-refractivity contribution in [2.24, 2.45) is 0 Å². The summed E-state index contributed by atoms with van der Waals surface area (Å²) < 4.78 is 0. The lowest BCUT2D eigenvalue weighted by atomic mass is 10.1. The summed E-state index contributed by atoms with van der Waals surface area (Å²) in [4.78, 5) is 14.1. The summed E-state index contributed by atoms with van der Waals surface area (Å²) in [6, 6.07) is 9.78. The van der Waals surface area contributed by atoms with E-state index in [0.29, 0.717) is 6.54 Å². The Kier molecular flexibility index (Phi) is 7.24. The van der Waals surface area contributed by atoms with Crippen LogP contribution >= 0.6 is 11.3 Å². The highest BCUT2D eigenvalue weighted by atomic mass is 32.1. The van der Waals surface area contributed by atoms with Gasteiger partial charge in [-0.1, -0.05) is 31.2 Å². The number of rotatable bonds is 8. The van der Waals surface area contributed by atoms with Crippen LogP contribution in [0.1, 0.15) is 29.7 Å². The molecule has 1 unspecified atom stereocenters. The number of aliphatic hydroxyl groups is 1. The molecule has 130 valence electrons. The zero-order chi connectivity index (χ0) is 17.4. The van der Waals surface area contributed by atoms with Crippen molar-refractivity contribution >= 4 is 17.4 Å². The van der Waals surface area contributed by atoms with E-state index in [1.807, 2.05) is 29.0 Å². The Labute approximate surface area is 147 Å². The number of carbonyl (C=O) groups excluding carboxylic acids is 1. The summed E-state index contributed by atoms with van der Waals surface area (Å²) in [5.41, 5.74) is 3.12. The summed E-state index contributed by atoms with van der Waals surface area (Å²) in [5, 5.41) is 19.2. The van der Waals surface area contributed by atoms with Gasteiger partial charge in [-0.2, -0.15) is 11.3 Å². The molecule has 2 rings (SSSR count). The highest BCUT2D eigenvalue weighted by Gasteiger charge is 2.09.